The van der Waals surface area contributed by atoms with E-state index in [0.29, 0.717) is 18.5 Å². The highest BCUT2D eigenvalue weighted by Crippen LogP contribution is 2.37. The van der Waals surface area contributed by atoms with Gasteiger partial charge in [0, 0.05) is 23.5 Å². The van der Waals surface area contributed by atoms with Crippen molar-refractivity contribution in [2.24, 2.45) is 0 Å². The van der Waals surface area contributed by atoms with Crippen molar-refractivity contribution in [3.05, 3.63) is 77.9 Å². The van der Waals surface area contributed by atoms with Crippen LogP contribution >= 0.6 is 0 Å². The molecule has 4 rings (SSSR count). The van der Waals surface area contributed by atoms with Gasteiger partial charge in [-0.15, -0.1) is 0 Å². The monoisotopic (exact) mass is 457 g/mol. The van der Waals surface area contributed by atoms with E-state index in [-0.39, 0.29) is 30.3 Å². The molecule has 0 saturated carbocycles. The van der Waals surface area contributed by atoms with E-state index in [1.807, 2.05) is 81.4 Å². The maximum absolute atomic E-state index is 13.7. The molecule has 1 aliphatic rings. The van der Waals surface area contributed by atoms with Gasteiger partial charge >= 0.3 is 0 Å². The summed E-state index contributed by atoms with van der Waals surface area (Å²) < 4.78 is 0. The minimum absolute atomic E-state index is 0.0162. The summed E-state index contributed by atoms with van der Waals surface area (Å²) in [6, 6.07) is 20.4. The Balaban J connectivity index is 1.64. The van der Waals surface area contributed by atoms with Crippen LogP contribution in [-0.4, -0.2) is 41.2 Å². The number of hydrogen-bond acceptors (Lipinski definition) is 3. The number of nitrogens with one attached hydrogen (secondary N) is 1. The third-order valence-electron chi connectivity index (χ3n) is 6.53. The number of nitrogens with zero attached hydrogens (tertiary/aromatic N) is 2. The first-order chi connectivity index (χ1) is 16.4. The molecule has 0 radical (unpaired) electrons. The van der Waals surface area contributed by atoms with Crippen LogP contribution in [0.15, 0.2) is 66.7 Å². The highest BCUT2D eigenvalue weighted by atomic mass is 16.2. The second kappa shape index (κ2) is 10.1. The molecular formula is C28H31N3O3. The van der Waals surface area contributed by atoms with Crippen LogP contribution in [0.25, 0.3) is 10.8 Å². The maximum atomic E-state index is 13.7. The molecule has 0 fully saturated rings. The van der Waals surface area contributed by atoms with Crippen LogP contribution in [0.4, 0.5) is 5.69 Å². The summed E-state index contributed by atoms with van der Waals surface area (Å²) in [6.45, 7) is 6.05. The van der Waals surface area contributed by atoms with E-state index in [4.69, 9.17) is 0 Å². The SMILES string of the molecule is CC[C@H](C)NC(=O)[C@H](CC)N(Cc1ccccc1)C(=O)CN1C(=O)c2cccc3cccc1c23. The molecule has 1 heterocycles. The van der Waals surface area contributed by atoms with Crippen LogP contribution < -0.4 is 10.2 Å². The van der Waals surface area contributed by atoms with Crippen LogP contribution in [0.2, 0.25) is 0 Å². The molecule has 176 valence electrons. The number of rotatable bonds is 9. The number of carbonyl (C=O) groups excluding carboxylic acids is 3. The van der Waals surface area contributed by atoms with E-state index in [1.54, 1.807) is 11.0 Å². The van der Waals surface area contributed by atoms with E-state index in [1.165, 1.54) is 4.90 Å². The predicted molar refractivity (Wildman–Crippen MR) is 135 cm³/mol. The van der Waals surface area contributed by atoms with Gasteiger partial charge in [0.2, 0.25) is 11.8 Å². The molecule has 34 heavy (non-hydrogen) atoms. The largest absolute Gasteiger partial charge is 0.352 e. The molecule has 1 N–H and O–H groups in total. The van der Waals surface area contributed by atoms with E-state index < -0.39 is 6.04 Å². The fraction of sp³-hybridized carbons (Fsp3) is 0.321. The summed E-state index contributed by atoms with van der Waals surface area (Å²) in [6.07, 6.45) is 1.28. The summed E-state index contributed by atoms with van der Waals surface area (Å²) in [5, 5.41) is 4.87. The molecule has 3 amide bonds. The zero-order valence-electron chi connectivity index (χ0n) is 20.0. The lowest BCUT2D eigenvalue weighted by Crippen LogP contribution is -2.53. The lowest BCUT2D eigenvalue weighted by molar-refractivity contribution is -0.140. The van der Waals surface area contributed by atoms with Crippen molar-refractivity contribution in [2.45, 2.75) is 52.2 Å². The normalized spacial score (nSPS) is 14.2. The van der Waals surface area contributed by atoms with Crippen LogP contribution in [-0.2, 0) is 16.1 Å². The van der Waals surface area contributed by atoms with Gasteiger partial charge in [0.1, 0.15) is 12.6 Å². The third-order valence-corrected chi connectivity index (χ3v) is 6.53. The van der Waals surface area contributed by atoms with Crippen LogP contribution in [0.1, 0.15) is 49.5 Å². The van der Waals surface area contributed by atoms with Gasteiger partial charge in [0.05, 0.1) is 5.69 Å². The minimum atomic E-state index is -0.627. The van der Waals surface area contributed by atoms with Gasteiger partial charge in [-0.1, -0.05) is 68.4 Å². The second-order valence-corrected chi connectivity index (χ2v) is 8.82. The summed E-state index contributed by atoms with van der Waals surface area (Å²) in [4.78, 5) is 43.2. The van der Waals surface area contributed by atoms with Crippen molar-refractivity contribution in [2.75, 3.05) is 11.4 Å². The second-order valence-electron chi connectivity index (χ2n) is 8.82. The molecular weight excluding hydrogens is 426 g/mol. The van der Waals surface area contributed by atoms with Crippen molar-refractivity contribution >= 4 is 34.2 Å². The lowest BCUT2D eigenvalue weighted by atomic mass is 10.1. The Labute approximate surface area is 200 Å². The fourth-order valence-corrected chi connectivity index (χ4v) is 4.50. The number of carbonyl (C=O) groups is 3. The van der Waals surface area contributed by atoms with E-state index in [2.05, 4.69) is 5.32 Å². The smallest absolute Gasteiger partial charge is 0.259 e. The molecule has 6 nitrogen and oxygen atoms in total. The van der Waals surface area contributed by atoms with Crippen molar-refractivity contribution in [3.63, 3.8) is 0 Å². The molecule has 0 spiro atoms. The lowest BCUT2D eigenvalue weighted by Gasteiger charge is -2.32. The van der Waals surface area contributed by atoms with E-state index in [9.17, 15) is 14.4 Å². The minimum Gasteiger partial charge on any atom is -0.352 e. The van der Waals surface area contributed by atoms with Crippen molar-refractivity contribution in [1.29, 1.82) is 0 Å². The number of hydrogen-bond donors (Lipinski definition) is 1. The summed E-state index contributed by atoms with van der Waals surface area (Å²) in [5.74, 6) is -0.607. The van der Waals surface area contributed by atoms with Crippen molar-refractivity contribution < 1.29 is 14.4 Å². The van der Waals surface area contributed by atoms with Gasteiger partial charge in [0.15, 0.2) is 0 Å². The van der Waals surface area contributed by atoms with Crippen LogP contribution in [0, 0.1) is 0 Å². The predicted octanol–water partition coefficient (Wildman–Crippen LogP) is 4.52. The summed E-state index contributed by atoms with van der Waals surface area (Å²) in [5.41, 5.74) is 2.28. The first-order valence-electron chi connectivity index (χ1n) is 11.9. The van der Waals surface area contributed by atoms with Gasteiger partial charge in [-0.2, -0.15) is 0 Å². The number of benzene rings is 3. The quantitative estimate of drug-likeness (QED) is 0.514. The zero-order valence-corrected chi connectivity index (χ0v) is 20.0. The first kappa shape index (κ1) is 23.5. The molecule has 1 aliphatic heterocycles. The highest BCUT2D eigenvalue weighted by molar-refractivity contribution is 6.26. The zero-order chi connectivity index (χ0) is 24.2. The molecule has 0 saturated heterocycles. The number of anilines is 1. The Hall–Kier alpha value is -3.67. The molecule has 6 heteroatoms. The Kier molecular flexibility index (Phi) is 6.96. The Morgan fingerprint density at radius 3 is 2.32 bits per heavy atom. The topological polar surface area (TPSA) is 69.7 Å². The van der Waals surface area contributed by atoms with Crippen molar-refractivity contribution in [3.8, 4) is 0 Å². The van der Waals surface area contributed by atoms with Gasteiger partial charge in [-0.25, -0.2) is 0 Å². The molecule has 3 aromatic carbocycles. The highest BCUT2D eigenvalue weighted by Gasteiger charge is 2.35. The first-order valence-corrected chi connectivity index (χ1v) is 11.9. The Morgan fingerprint density at radius 2 is 1.65 bits per heavy atom. The molecule has 0 aliphatic carbocycles. The summed E-state index contributed by atoms with van der Waals surface area (Å²) in [7, 11) is 0. The number of amides is 3. The van der Waals surface area contributed by atoms with Gasteiger partial charge in [-0.3, -0.25) is 19.3 Å². The average molecular weight is 458 g/mol. The Bertz CT molecular complexity index is 1200. The van der Waals surface area contributed by atoms with Gasteiger partial charge in [-0.05, 0) is 42.8 Å². The summed E-state index contributed by atoms with van der Waals surface area (Å²) >= 11 is 0. The molecule has 0 bridgehead atoms. The van der Waals surface area contributed by atoms with Gasteiger partial charge in [0.25, 0.3) is 5.91 Å². The van der Waals surface area contributed by atoms with Crippen molar-refractivity contribution in [1.82, 2.24) is 10.2 Å². The van der Waals surface area contributed by atoms with Crippen LogP contribution in [0.5, 0.6) is 0 Å². The molecule has 0 unspecified atom stereocenters. The molecule has 0 aromatic heterocycles. The fourth-order valence-electron chi connectivity index (χ4n) is 4.50. The standard InChI is InChI=1S/C28H31N3O3/c1-4-19(3)29-27(33)23(5-2)30(17-20-11-7-6-8-12-20)25(32)18-31-24-16-10-14-21-13-9-15-22(26(21)24)28(31)34/h6-16,19,23H,4-5,17-18H2,1-3H3,(H,29,33)/t19-,23-/m0/s1. The molecule has 2 atom stereocenters. The van der Waals surface area contributed by atoms with Gasteiger partial charge < -0.3 is 10.2 Å². The average Bonchev–Trinajstić information content (AvgIpc) is 3.12. The van der Waals surface area contributed by atoms with E-state index in [0.717, 1.165) is 28.4 Å². The third kappa shape index (κ3) is 4.53. The van der Waals surface area contributed by atoms with Crippen LogP contribution in [0.3, 0.4) is 0 Å². The molecule has 3 aromatic rings. The van der Waals surface area contributed by atoms with E-state index >= 15 is 0 Å². The Morgan fingerprint density at radius 1 is 0.941 bits per heavy atom. The maximum Gasteiger partial charge on any atom is 0.259 e.